The van der Waals surface area contributed by atoms with E-state index in [1.807, 2.05) is 6.92 Å². The predicted octanol–water partition coefficient (Wildman–Crippen LogP) is 2.41. The summed E-state index contributed by atoms with van der Waals surface area (Å²) in [5, 5.41) is 7.32. The van der Waals surface area contributed by atoms with Crippen LogP contribution in [0.1, 0.15) is 62.8 Å². The fourth-order valence-corrected chi connectivity index (χ4v) is 4.21. The molecule has 2 N–H and O–H groups in total. The zero-order valence-electron chi connectivity index (χ0n) is 18.7. The summed E-state index contributed by atoms with van der Waals surface area (Å²) < 4.78 is 16.5. The molecule has 0 atom stereocenters. The van der Waals surface area contributed by atoms with Gasteiger partial charge in [-0.3, -0.25) is 14.5 Å². The molecular formula is C23H30N4O5. The molecule has 2 aromatic rings. The van der Waals surface area contributed by atoms with Crippen LogP contribution in [-0.4, -0.2) is 61.8 Å². The van der Waals surface area contributed by atoms with Crippen LogP contribution < -0.4 is 10.7 Å². The molecule has 2 aliphatic rings. The van der Waals surface area contributed by atoms with Gasteiger partial charge >= 0.3 is 0 Å². The number of hydrogen-bond donors (Lipinski definition) is 2. The highest BCUT2D eigenvalue weighted by atomic mass is 16.5. The third-order valence-corrected chi connectivity index (χ3v) is 5.97. The standard InChI is InChI=1S/C23H30N4O5/c1-15-20-18(25-26-22(28)17-7-12-31-16(17)2)5-3-6-19(20)32-21(15)23(29)24-8-4-9-27-10-13-30-14-11-27/h7,12H,3-6,8-11,13-14H2,1-2H3,(H,24,29)(H,26,28)/b25-18+. The van der Waals surface area contributed by atoms with E-state index in [1.54, 1.807) is 13.0 Å². The Hall–Kier alpha value is -2.91. The number of carbonyl (C=O) groups excluding carboxylic acids is 2. The van der Waals surface area contributed by atoms with E-state index in [0.29, 0.717) is 30.0 Å². The molecule has 0 aromatic carbocycles. The van der Waals surface area contributed by atoms with Crippen LogP contribution in [0.4, 0.5) is 0 Å². The lowest BCUT2D eigenvalue weighted by Crippen LogP contribution is -2.38. The molecule has 1 fully saturated rings. The second-order valence-corrected chi connectivity index (χ2v) is 8.16. The molecule has 0 unspecified atom stereocenters. The minimum absolute atomic E-state index is 0.212. The second kappa shape index (κ2) is 10.1. The Bertz CT molecular complexity index is 1000. The molecule has 0 radical (unpaired) electrons. The fourth-order valence-electron chi connectivity index (χ4n) is 4.21. The number of morpholine rings is 1. The van der Waals surface area contributed by atoms with Crippen molar-refractivity contribution in [2.75, 3.05) is 39.4 Å². The third-order valence-electron chi connectivity index (χ3n) is 5.97. The molecule has 2 amide bonds. The van der Waals surface area contributed by atoms with Crippen molar-refractivity contribution in [2.45, 2.75) is 39.5 Å². The Morgan fingerprint density at radius 3 is 2.72 bits per heavy atom. The predicted molar refractivity (Wildman–Crippen MR) is 118 cm³/mol. The summed E-state index contributed by atoms with van der Waals surface area (Å²) in [6, 6.07) is 1.61. The van der Waals surface area contributed by atoms with Gasteiger partial charge in [0.2, 0.25) is 0 Å². The van der Waals surface area contributed by atoms with E-state index >= 15 is 0 Å². The molecule has 2 aromatic heterocycles. The van der Waals surface area contributed by atoms with Crippen LogP contribution in [0, 0.1) is 13.8 Å². The van der Waals surface area contributed by atoms with E-state index in [2.05, 4.69) is 20.7 Å². The maximum atomic E-state index is 12.7. The lowest BCUT2D eigenvalue weighted by molar-refractivity contribution is 0.0374. The number of hydrogen-bond acceptors (Lipinski definition) is 7. The van der Waals surface area contributed by atoms with Crippen LogP contribution in [0.5, 0.6) is 0 Å². The van der Waals surface area contributed by atoms with E-state index in [1.165, 1.54) is 6.26 Å². The Morgan fingerprint density at radius 1 is 1.16 bits per heavy atom. The van der Waals surface area contributed by atoms with Crippen LogP contribution in [0.15, 0.2) is 26.3 Å². The Kier molecular flexibility index (Phi) is 7.06. The van der Waals surface area contributed by atoms with Gasteiger partial charge in [0, 0.05) is 37.2 Å². The van der Waals surface area contributed by atoms with E-state index in [9.17, 15) is 9.59 Å². The number of furan rings is 2. The summed E-state index contributed by atoms with van der Waals surface area (Å²) in [6.45, 7) is 8.55. The summed E-state index contributed by atoms with van der Waals surface area (Å²) in [7, 11) is 0. The van der Waals surface area contributed by atoms with Gasteiger partial charge in [0.1, 0.15) is 11.5 Å². The molecular weight excluding hydrogens is 412 g/mol. The topological polar surface area (TPSA) is 109 Å². The van der Waals surface area contributed by atoms with Crippen LogP contribution in [0.3, 0.4) is 0 Å². The first-order chi connectivity index (χ1) is 15.5. The number of ether oxygens (including phenoxy) is 1. The van der Waals surface area contributed by atoms with Gasteiger partial charge < -0.3 is 18.9 Å². The van der Waals surface area contributed by atoms with Crippen molar-refractivity contribution in [3.05, 3.63) is 46.3 Å². The van der Waals surface area contributed by atoms with Crippen molar-refractivity contribution in [3.8, 4) is 0 Å². The first kappa shape index (κ1) is 22.3. The van der Waals surface area contributed by atoms with Gasteiger partial charge in [-0.2, -0.15) is 5.10 Å². The van der Waals surface area contributed by atoms with Crippen molar-refractivity contribution < 1.29 is 23.2 Å². The average molecular weight is 443 g/mol. The smallest absolute Gasteiger partial charge is 0.287 e. The third kappa shape index (κ3) is 4.94. The van der Waals surface area contributed by atoms with Crippen LogP contribution in [0.25, 0.3) is 0 Å². The number of amides is 2. The molecule has 9 nitrogen and oxygen atoms in total. The summed E-state index contributed by atoms with van der Waals surface area (Å²) >= 11 is 0. The molecule has 4 rings (SSSR count). The molecule has 1 saturated heterocycles. The highest BCUT2D eigenvalue weighted by molar-refractivity contribution is 6.07. The van der Waals surface area contributed by atoms with Gasteiger partial charge in [-0.1, -0.05) is 0 Å². The van der Waals surface area contributed by atoms with Gasteiger partial charge in [0.25, 0.3) is 11.8 Å². The molecule has 0 spiro atoms. The lowest BCUT2D eigenvalue weighted by Gasteiger charge is -2.26. The molecule has 9 heteroatoms. The summed E-state index contributed by atoms with van der Waals surface area (Å²) in [5.74, 6) is 1.08. The van der Waals surface area contributed by atoms with Crippen molar-refractivity contribution in [1.82, 2.24) is 15.6 Å². The molecule has 0 saturated carbocycles. The zero-order valence-corrected chi connectivity index (χ0v) is 18.7. The van der Waals surface area contributed by atoms with Crippen molar-refractivity contribution in [2.24, 2.45) is 5.10 Å². The van der Waals surface area contributed by atoms with E-state index in [0.717, 1.165) is 74.7 Å². The van der Waals surface area contributed by atoms with Crippen LogP contribution >= 0.6 is 0 Å². The first-order valence-electron chi connectivity index (χ1n) is 11.2. The summed E-state index contributed by atoms with van der Waals surface area (Å²) in [5.41, 5.74) is 5.38. The largest absolute Gasteiger partial charge is 0.469 e. The van der Waals surface area contributed by atoms with Crippen molar-refractivity contribution >= 4 is 17.5 Å². The van der Waals surface area contributed by atoms with Gasteiger partial charge in [-0.25, -0.2) is 5.43 Å². The number of nitrogens with one attached hydrogen (secondary N) is 2. The normalized spacial score (nSPS) is 17.9. The maximum Gasteiger partial charge on any atom is 0.287 e. The SMILES string of the molecule is Cc1occc1C(=O)N/N=C1\CCCc2oc(C(=O)NCCCN3CCOCC3)c(C)c21. The second-order valence-electron chi connectivity index (χ2n) is 8.16. The fraction of sp³-hybridized carbons (Fsp3) is 0.522. The quantitative estimate of drug-likeness (QED) is 0.503. The highest BCUT2D eigenvalue weighted by Gasteiger charge is 2.28. The van der Waals surface area contributed by atoms with Crippen molar-refractivity contribution in [1.29, 1.82) is 0 Å². The number of fused-ring (bicyclic) bond motifs is 1. The number of hydrazone groups is 1. The minimum atomic E-state index is -0.324. The van der Waals surface area contributed by atoms with Crippen LogP contribution in [-0.2, 0) is 11.2 Å². The average Bonchev–Trinajstić information content (AvgIpc) is 3.39. The zero-order chi connectivity index (χ0) is 22.5. The van der Waals surface area contributed by atoms with E-state index < -0.39 is 0 Å². The highest BCUT2D eigenvalue weighted by Crippen LogP contribution is 2.29. The number of aryl methyl sites for hydroxylation is 2. The molecule has 32 heavy (non-hydrogen) atoms. The summed E-state index contributed by atoms with van der Waals surface area (Å²) in [6.07, 6.45) is 4.65. The van der Waals surface area contributed by atoms with Gasteiger partial charge in [-0.05, 0) is 45.7 Å². The first-order valence-corrected chi connectivity index (χ1v) is 11.2. The molecule has 1 aliphatic carbocycles. The van der Waals surface area contributed by atoms with Gasteiger partial charge in [0.05, 0.1) is 30.8 Å². The van der Waals surface area contributed by atoms with E-state index in [4.69, 9.17) is 13.6 Å². The monoisotopic (exact) mass is 442 g/mol. The van der Waals surface area contributed by atoms with E-state index in [-0.39, 0.29) is 11.8 Å². The van der Waals surface area contributed by atoms with Gasteiger partial charge in [0.15, 0.2) is 5.76 Å². The van der Waals surface area contributed by atoms with Gasteiger partial charge in [-0.15, -0.1) is 0 Å². The molecule has 172 valence electrons. The number of rotatable bonds is 7. The summed E-state index contributed by atoms with van der Waals surface area (Å²) in [4.78, 5) is 27.4. The molecule has 0 bridgehead atoms. The Balaban J connectivity index is 1.38. The van der Waals surface area contributed by atoms with Crippen LogP contribution in [0.2, 0.25) is 0 Å². The Labute approximate surface area is 187 Å². The number of nitrogens with zero attached hydrogens (tertiary/aromatic N) is 2. The van der Waals surface area contributed by atoms with Crippen molar-refractivity contribution in [3.63, 3.8) is 0 Å². The molecule has 1 aliphatic heterocycles. The Morgan fingerprint density at radius 2 is 1.97 bits per heavy atom. The lowest BCUT2D eigenvalue weighted by atomic mass is 9.93. The molecule has 3 heterocycles. The number of carbonyl (C=O) groups is 2. The maximum absolute atomic E-state index is 12.7. The minimum Gasteiger partial charge on any atom is -0.469 e.